The topological polar surface area (TPSA) is 114 Å². The largest absolute Gasteiger partial charge is 0.357 e. The summed E-state index contributed by atoms with van der Waals surface area (Å²) in [5.74, 6) is 0.550. The molecule has 2 aliphatic rings. The first kappa shape index (κ1) is 14.4. The number of aromatic amines is 1. The number of H-pyrrole nitrogens is 1. The van der Waals surface area contributed by atoms with Gasteiger partial charge >= 0.3 is 0 Å². The zero-order chi connectivity index (χ0) is 22.2. The van der Waals surface area contributed by atoms with Crippen LogP contribution < -0.4 is 15.6 Å². The molecule has 0 amide bonds. The summed E-state index contributed by atoms with van der Waals surface area (Å²) >= 11 is 0. The average Bonchev–Trinajstić information content (AvgIpc) is 3.08. The number of rotatable bonds is 3. The molecule has 4 heterocycles. The van der Waals surface area contributed by atoms with Crippen molar-refractivity contribution in [2.45, 2.75) is 24.2 Å². The second-order valence-electron chi connectivity index (χ2n) is 7.74. The van der Waals surface area contributed by atoms with Crippen LogP contribution >= 0.6 is 0 Å². The Labute approximate surface area is 166 Å². The first-order chi connectivity index (χ1) is 14.5. The van der Waals surface area contributed by atoms with Gasteiger partial charge in [0.05, 0.1) is 0 Å². The molecule has 9 heteroatoms. The number of nitrogens with zero attached hydrogens (tertiary/aromatic N) is 3. The van der Waals surface area contributed by atoms with Crippen LogP contribution in [-0.2, 0) is 17.0 Å². The van der Waals surface area contributed by atoms with E-state index >= 15 is 0 Å². The monoisotopic (exact) mass is 402 g/mol. The molecule has 146 valence electrons. The number of pyridine rings is 2. The van der Waals surface area contributed by atoms with Gasteiger partial charge in [-0.05, 0) is 36.8 Å². The third-order valence-corrected chi connectivity index (χ3v) is 6.76. The number of nitrogens with two attached hydrogens (primary N) is 1. The van der Waals surface area contributed by atoms with Crippen molar-refractivity contribution in [2.75, 3.05) is 18.0 Å². The van der Waals surface area contributed by atoms with Crippen molar-refractivity contribution in [2.24, 2.45) is 17.5 Å². The molecule has 0 unspecified atom stereocenters. The highest BCUT2D eigenvalue weighted by Crippen LogP contribution is 2.54. The highest BCUT2D eigenvalue weighted by molar-refractivity contribution is 7.89. The van der Waals surface area contributed by atoms with Crippen molar-refractivity contribution in [3.63, 3.8) is 0 Å². The lowest BCUT2D eigenvalue weighted by Crippen LogP contribution is -2.23. The van der Waals surface area contributed by atoms with E-state index in [-0.39, 0.29) is 10.4 Å². The fraction of sp³-hybridized carbons (Fsp3) is 0.368. The van der Waals surface area contributed by atoms with Crippen molar-refractivity contribution in [3.05, 3.63) is 41.1 Å². The first-order valence-electron chi connectivity index (χ1n) is 10.5. The van der Waals surface area contributed by atoms with Crippen LogP contribution in [0.1, 0.15) is 23.4 Å². The van der Waals surface area contributed by atoms with E-state index in [1.807, 2.05) is 0 Å². The van der Waals surface area contributed by atoms with Gasteiger partial charge in [-0.15, -0.1) is 0 Å². The zero-order valence-electron chi connectivity index (χ0n) is 18.0. The molecule has 1 aliphatic carbocycles. The van der Waals surface area contributed by atoms with Gasteiger partial charge in [0.25, 0.3) is 5.56 Å². The van der Waals surface area contributed by atoms with Crippen LogP contribution in [0.2, 0.25) is 0 Å². The second kappa shape index (κ2) is 5.68. The summed E-state index contributed by atoms with van der Waals surface area (Å²) in [6, 6.07) is 3.07. The van der Waals surface area contributed by atoms with Crippen LogP contribution in [0.5, 0.6) is 0 Å². The van der Waals surface area contributed by atoms with Gasteiger partial charge in [0.15, 0.2) is 0 Å². The molecule has 3 aromatic heterocycles. The fourth-order valence-corrected chi connectivity index (χ4v) is 4.59. The standard InChI is InChI=1S/C19H21N5O3S/c1-23-10-15(13-2-6-21-16(13)18(23)25)14-8-12(28(20,26)27)9-22-17(14)24-7-5-19(11-24)3-4-19/h2,6,8-10,21H,3-5,7,11H2,1H3,(H2,20,26,27)/i1D3. The average molecular weight is 402 g/mol. The van der Waals surface area contributed by atoms with E-state index in [1.165, 1.54) is 18.5 Å². The van der Waals surface area contributed by atoms with Crippen molar-refractivity contribution in [1.29, 1.82) is 0 Å². The summed E-state index contributed by atoms with van der Waals surface area (Å²) < 4.78 is 48.0. The Hall–Kier alpha value is -2.65. The Morgan fingerprint density at radius 3 is 2.82 bits per heavy atom. The van der Waals surface area contributed by atoms with E-state index in [1.54, 1.807) is 12.3 Å². The van der Waals surface area contributed by atoms with E-state index in [4.69, 9.17) is 9.25 Å². The highest BCUT2D eigenvalue weighted by atomic mass is 32.2. The normalized spacial score (nSPS) is 20.3. The number of primary sulfonamides is 1. The highest BCUT2D eigenvalue weighted by Gasteiger charge is 2.48. The quantitative estimate of drug-likeness (QED) is 0.690. The number of aryl methyl sites for hydroxylation is 1. The third kappa shape index (κ3) is 2.65. The summed E-state index contributed by atoms with van der Waals surface area (Å²) in [6.07, 6.45) is 7.35. The Bertz CT molecular complexity index is 1370. The Balaban J connectivity index is 1.79. The number of fused-ring (bicyclic) bond motifs is 1. The summed E-state index contributed by atoms with van der Waals surface area (Å²) in [4.78, 5) is 21.9. The van der Waals surface area contributed by atoms with Gasteiger partial charge in [-0.3, -0.25) is 4.79 Å². The van der Waals surface area contributed by atoms with E-state index in [0.29, 0.717) is 32.3 Å². The molecule has 5 rings (SSSR count). The van der Waals surface area contributed by atoms with Gasteiger partial charge in [0, 0.05) is 59.3 Å². The van der Waals surface area contributed by atoms with E-state index < -0.39 is 22.6 Å². The molecule has 1 saturated heterocycles. The molecule has 1 aliphatic heterocycles. The zero-order valence-corrected chi connectivity index (χ0v) is 15.8. The molecular weight excluding hydrogens is 378 g/mol. The Kier molecular flexibility index (Phi) is 2.91. The molecule has 0 bridgehead atoms. The van der Waals surface area contributed by atoms with Gasteiger partial charge in [-0.1, -0.05) is 0 Å². The van der Waals surface area contributed by atoms with Gasteiger partial charge in [-0.25, -0.2) is 18.5 Å². The van der Waals surface area contributed by atoms with Crippen LogP contribution in [0, 0.1) is 5.41 Å². The number of nitrogens with one attached hydrogen (secondary N) is 1. The molecule has 8 nitrogen and oxygen atoms in total. The van der Waals surface area contributed by atoms with Gasteiger partial charge in [-0.2, -0.15) is 0 Å². The molecule has 28 heavy (non-hydrogen) atoms. The predicted molar refractivity (Wildman–Crippen MR) is 107 cm³/mol. The minimum absolute atomic E-state index is 0.126. The van der Waals surface area contributed by atoms with Crippen LogP contribution in [0.15, 0.2) is 40.4 Å². The van der Waals surface area contributed by atoms with E-state index in [9.17, 15) is 13.2 Å². The third-order valence-electron chi connectivity index (χ3n) is 5.88. The van der Waals surface area contributed by atoms with Crippen molar-refractivity contribution in [1.82, 2.24) is 14.5 Å². The van der Waals surface area contributed by atoms with Crippen LogP contribution in [-0.4, -0.2) is 36.0 Å². The molecule has 1 saturated carbocycles. The van der Waals surface area contributed by atoms with Gasteiger partial charge < -0.3 is 14.5 Å². The number of anilines is 1. The molecule has 3 aromatic rings. The smallest absolute Gasteiger partial charge is 0.274 e. The van der Waals surface area contributed by atoms with Crippen LogP contribution in [0.4, 0.5) is 5.82 Å². The van der Waals surface area contributed by atoms with Gasteiger partial charge in [0.2, 0.25) is 10.0 Å². The molecule has 2 fully saturated rings. The lowest BCUT2D eigenvalue weighted by molar-refractivity contribution is 0.580. The molecule has 0 atom stereocenters. The number of hydrogen-bond acceptors (Lipinski definition) is 5. The number of aromatic nitrogens is 3. The summed E-state index contributed by atoms with van der Waals surface area (Å²) in [6.45, 7) is -1.14. The Morgan fingerprint density at radius 1 is 1.32 bits per heavy atom. The fourth-order valence-electron chi connectivity index (χ4n) is 4.11. The minimum Gasteiger partial charge on any atom is -0.357 e. The first-order valence-corrected chi connectivity index (χ1v) is 10.5. The van der Waals surface area contributed by atoms with Gasteiger partial charge in [0.1, 0.15) is 16.2 Å². The SMILES string of the molecule is [2H]C([2H])([2H])n1cc(-c2cc(S(N)(=O)=O)cnc2N2CCC3(CC3)C2)c2cc[nH]c2c1=O. The lowest BCUT2D eigenvalue weighted by Gasteiger charge is -2.22. The molecule has 3 N–H and O–H groups in total. The summed E-state index contributed by atoms with van der Waals surface area (Å²) in [5.41, 5.74) is 0.557. The Morgan fingerprint density at radius 2 is 2.14 bits per heavy atom. The van der Waals surface area contributed by atoms with Crippen molar-refractivity contribution in [3.8, 4) is 11.1 Å². The maximum Gasteiger partial charge on any atom is 0.274 e. The molecular formula is C19H21N5O3S. The molecule has 0 aromatic carbocycles. The molecule has 1 spiro atoms. The van der Waals surface area contributed by atoms with Crippen molar-refractivity contribution < 1.29 is 12.5 Å². The van der Waals surface area contributed by atoms with Crippen molar-refractivity contribution >= 4 is 26.7 Å². The lowest BCUT2D eigenvalue weighted by atomic mass is 10.0. The van der Waals surface area contributed by atoms with E-state index in [0.717, 1.165) is 32.4 Å². The number of sulfonamides is 1. The van der Waals surface area contributed by atoms with Crippen LogP contribution in [0.25, 0.3) is 22.0 Å². The molecule has 0 radical (unpaired) electrons. The number of hydrogen-bond donors (Lipinski definition) is 2. The summed E-state index contributed by atoms with van der Waals surface area (Å²) in [7, 11) is -4.04. The predicted octanol–water partition coefficient (Wildman–Crippen LogP) is 1.57. The summed E-state index contributed by atoms with van der Waals surface area (Å²) in [5, 5.41) is 5.83. The maximum atomic E-state index is 12.7. The van der Waals surface area contributed by atoms with E-state index in [2.05, 4.69) is 14.9 Å². The maximum absolute atomic E-state index is 12.7. The minimum atomic E-state index is -4.04. The second-order valence-corrected chi connectivity index (χ2v) is 9.30. The van der Waals surface area contributed by atoms with Crippen LogP contribution in [0.3, 0.4) is 0 Å².